The molecule has 0 saturated carbocycles. The topological polar surface area (TPSA) is 76.8 Å². The van der Waals surface area contributed by atoms with Gasteiger partial charge >= 0.3 is 0 Å². The number of nitrogens with two attached hydrogens (primary N) is 1. The maximum atomic E-state index is 8.80. The van der Waals surface area contributed by atoms with Crippen molar-refractivity contribution in [3.8, 4) is 12.1 Å². The number of nitrogens with zero attached hydrogens (tertiary/aromatic N) is 3. The molecule has 1 atom stereocenters. The molecule has 4 nitrogen and oxygen atoms in total. The van der Waals surface area contributed by atoms with Gasteiger partial charge in [0.25, 0.3) is 0 Å². The lowest BCUT2D eigenvalue weighted by atomic mass is 10.1. The Hall–Kier alpha value is -2.20. The van der Waals surface area contributed by atoms with Gasteiger partial charge in [0, 0.05) is 13.6 Å². The van der Waals surface area contributed by atoms with Gasteiger partial charge in [0.15, 0.2) is 0 Å². The summed E-state index contributed by atoms with van der Waals surface area (Å²) in [6.45, 7) is 2.44. The van der Waals surface area contributed by atoms with Gasteiger partial charge in [0.2, 0.25) is 0 Å². The highest BCUT2D eigenvalue weighted by Crippen LogP contribution is 2.23. The summed E-state index contributed by atoms with van der Waals surface area (Å²) in [4.78, 5) is 1.89. The zero-order valence-corrected chi connectivity index (χ0v) is 9.44. The fourth-order valence-corrected chi connectivity index (χ4v) is 1.49. The number of hydrogen-bond donors (Lipinski definition) is 1. The molecule has 0 heterocycles. The summed E-state index contributed by atoms with van der Waals surface area (Å²) >= 11 is 0. The quantitative estimate of drug-likeness (QED) is 0.777. The molecule has 1 rings (SSSR count). The normalized spacial score (nSPS) is 11.2. The van der Waals surface area contributed by atoms with Crippen LogP contribution in [0.4, 0.5) is 11.4 Å². The van der Waals surface area contributed by atoms with Crippen molar-refractivity contribution in [2.24, 2.45) is 5.92 Å². The van der Waals surface area contributed by atoms with E-state index in [4.69, 9.17) is 16.3 Å². The third kappa shape index (κ3) is 2.65. The summed E-state index contributed by atoms with van der Waals surface area (Å²) in [5, 5.41) is 17.5. The minimum atomic E-state index is -0.0739. The van der Waals surface area contributed by atoms with Gasteiger partial charge in [0.1, 0.15) is 0 Å². The summed E-state index contributed by atoms with van der Waals surface area (Å²) in [7, 11) is 1.86. The van der Waals surface area contributed by atoms with Gasteiger partial charge in [-0.1, -0.05) is 0 Å². The van der Waals surface area contributed by atoms with Crippen LogP contribution in [-0.4, -0.2) is 13.6 Å². The van der Waals surface area contributed by atoms with Crippen LogP contribution in [0.5, 0.6) is 0 Å². The Kier molecular flexibility index (Phi) is 3.74. The van der Waals surface area contributed by atoms with Crippen LogP contribution < -0.4 is 10.6 Å². The molecule has 4 heteroatoms. The van der Waals surface area contributed by atoms with Gasteiger partial charge < -0.3 is 10.6 Å². The SMILES string of the molecule is CC(C#N)CN(C)c1cc(C#N)ccc1N. The van der Waals surface area contributed by atoms with Crippen molar-refractivity contribution in [2.45, 2.75) is 6.92 Å². The van der Waals surface area contributed by atoms with E-state index in [9.17, 15) is 0 Å². The summed E-state index contributed by atoms with van der Waals surface area (Å²) < 4.78 is 0. The molecular weight excluding hydrogens is 200 g/mol. The lowest BCUT2D eigenvalue weighted by molar-refractivity contribution is 0.717. The Morgan fingerprint density at radius 3 is 2.69 bits per heavy atom. The van der Waals surface area contributed by atoms with E-state index in [-0.39, 0.29) is 5.92 Å². The van der Waals surface area contributed by atoms with E-state index in [1.54, 1.807) is 18.2 Å². The zero-order chi connectivity index (χ0) is 12.1. The smallest absolute Gasteiger partial charge is 0.0992 e. The second kappa shape index (κ2) is 5.04. The molecule has 0 amide bonds. The average molecular weight is 214 g/mol. The Labute approximate surface area is 95.5 Å². The van der Waals surface area contributed by atoms with Crippen LogP contribution in [0.2, 0.25) is 0 Å². The standard InChI is InChI=1S/C12H14N4/c1-9(6-13)8-16(2)12-5-10(7-14)3-4-11(12)15/h3-5,9H,8,15H2,1-2H3. The van der Waals surface area contributed by atoms with E-state index in [0.717, 1.165) is 5.69 Å². The first-order valence-electron chi connectivity index (χ1n) is 4.99. The van der Waals surface area contributed by atoms with Crippen molar-refractivity contribution in [3.63, 3.8) is 0 Å². The molecule has 2 N–H and O–H groups in total. The Bertz CT molecular complexity index is 453. The monoisotopic (exact) mass is 214 g/mol. The van der Waals surface area contributed by atoms with Crippen LogP contribution in [0.3, 0.4) is 0 Å². The molecule has 0 aliphatic carbocycles. The second-order valence-electron chi connectivity index (χ2n) is 3.80. The van der Waals surface area contributed by atoms with Gasteiger partial charge in [-0.25, -0.2) is 0 Å². The van der Waals surface area contributed by atoms with E-state index >= 15 is 0 Å². The number of rotatable bonds is 3. The largest absolute Gasteiger partial charge is 0.397 e. The highest BCUT2D eigenvalue weighted by atomic mass is 15.1. The van der Waals surface area contributed by atoms with Gasteiger partial charge in [-0.3, -0.25) is 0 Å². The zero-order valence-electron chi connectivity index (χ0n) is 9.44. The Balaban J connectivity index is 2.95. The minimum absolute atomic E-state index is 0.0739. The summed E-state index contributed by atoms with van der Waals surface area (Å²) in [6, 6.07) is 9.36. The second-order valence-corrected chi connectivity index (χ2v) is 3.80. The molecule has 0 radical (unpaired) electrons. The molecule has 0 bridgehead atoms. The molecule has 1 aromatic rings. The van der Waals surface area contributed by atoms with Crippen molar-refractivity contribution in [2.75, 3.05) is 24.2 Å². The van der Waals surface area contributed by atoms with Gasteiger partial charge in [-0.05, 0) is 25.1 Å². The van der Waals surface area contributed by atoms with Gasteiger partial charge in [-0.2, -0.15) is 10.5 Å². The highest BCUT2D eigenvalue weighted by Gasteiger charge is 2.09. The van der Waals surface area contributed by atoms with Crippen LogP contribution >= 0.6 is 0 Å². The Morgan fingerprint density at radius 2 is 2.12 bits per heavy atom. The van der Waals surface area contributed by atoms with E-state index in [1.807, 2.05) is 18.9 Å². The van der Waals surface area contributed by atoms with Crippen LogP contribution in [0.1, 0.15) is 12.5 Å². The number of nitriles is 2. The first-order valence-corrected chi connectivity index (χ1v) is 4.99. The summed E-state index contributed by atoms with van der Waals surface area (Å²) in [5.41, 5.74) is 7.81. The molecule has 0 fully saturated rings. The summed E-state index contributed by atoms with van der Waals surface area (Å²) in [6.07, 6.45) is 0. The maximum absolute atomic E-state index is 8.80. The molecule has 0 saturated heterocycles. The number of hydrogen-bond acceptors (Lipinski definition) is 4. The minimum Gasteiger partial charge on any atom is -0.397 e. The van der Waals surface area contributed by atoms with Crippen LogP contribution in [-0.2, 0) is 0 Å². The molecular formula is C12H14N4. The summed E-state index contributed by atoms with van der Waals surface area (Å²) in [5.74, 6) is -0.0739. The van der Waals surface area contributed by atoms with Gasteiger partial charge in [0.05, 0.1) is 35.0 Å². The molecule has 0 aliphatic rings. The van der Waals surface area contributed by atoms with E-state index in [2.05, 4.69) is 12.1 Å². The van der Waals surface area contributed by atoms with Crippen molar-refractivity contribution >= 4 is 11.4 Å². The highest BCUT2D eigenvalue weighted by molar-refractivity contribution is 5.69. The van der Waals surface area contributed by atoms with Crippen molar-refractivity contribution in [3.05, 3.63) is 23.8 Å². The molecule has 16 heavy (non-hydrogen) atoms. The fraction of sp³-hybridized carbons (Fsp3) is 0.333. The molecule has 1 unspecified atom stereocenters. The third-order valence-corrected chi connectivity index (χ3v) is 2.34. The lowest BCUT2D eigenvalue weighted by Gasteiger charge is -2.22. The molecule has 82 valence electrons. The van der Waals surface area contributed by atoms with Crippen molar-refractivity contribution < 1.29 is 0 Å². The predicted molar refractivity (Wildman–Crippen MR) is 63.6 cm³/mol. The lowest BCUT2D eigenvalue weighted by Crippen LogP contribution is -2.24. The molecule has 0 aromatic heterocycles. The number of benzene rings is 1. The molecule has 0 aliphatic heterocycles. The van der Waals surface area contributed by atoms with Crippen LogP contribution in [0.15, 0.2) is 18.2 Å². The van der Waals surface area contributed by atoms with Crippen molar-refractivity contribution in [1.82, 2.24) is 0 Å². The number of nitrogen functional groups attached to an aromatic ring is 1. The third-order valence-electron chi connectivity index (χ3n) is 2.34. The molecule has 0 spiro atoms. The first kappa shape index (κ1) is 11.9. The fourth-order valence-electron chi connectivity index (χ4n) is 1.49. The van der Waals surface area contributed by atoms with Crippen molar-refractivity contribution in [1.29, 1.82) is 10.5 Å². The maximum Gasteiger partial charge on any atom is 0.0992 e. The van der Waals surface area contributed by atoms with Crippen LogP contribution in [0, 0.1) is 28.6 Å². The van der Waals surface area contributed by atoms with E-state index < -0.39 is 0 Å². The van der Waals surface area contributed by atoms with Crippen LogP contribution in [0.25, 0.3) is 0 Å². The van der Waals surface area contributed by atoms with E-state index in [1.165, 1.54) is 0 Å². The predicted octanol–water partition coefficient (Wildman–Crippen LogP) is 1.74. The average Bonchev–Trinajstić information content (AvgIpc) is 2.29. The molecule has 1 aromatic carbocycles. The van der Waals surface area contributed by atoms with Gasteiger partial charge in [-0.15, -0.1) is 0 Å². The van der Waals surface area contributed by atoms with E-state index in [0.29, 0.717) is 17.8 Å². The Morgan fingerprint density at radius 1 is 1.44 bits per heavy atom. The first-order chi connectivity index (χ1) is 7.58. The number of anilines is 2.